The first-order valence-electron chi connectivity index (χ1n) is 12.4. The lowest BCUT2D eigenvalue weighted by Crippen LogP contribution is -2.45. The molecule has 5 rings (SSSR count). The van der Waals surface area contributed by atoms with Crippen LogP contribution in [0, 0.1) is 6.92 Å². The number of rotatable bonds is 7. The van der Waals surface area contributed by atoms with Crippen LogP contribution in [-0.2, 0) is 16.0 Å². The number of nitrogens with one attached hydrogen (secondary N) is 2. The second-order valence-corrected chi connectivity index (χ2v) is 9.41. The quantitative estimate of drug-likeness (QED) is 0.500. The summed E-state index contributed by atoms with van der Waals surface area (Å²) < 4.78 is 6.06. The Kier molecular flexibility index (Phi) is 6.70. The number of pyridine rings is 1. The van der Waals surface area contributed by atoms with Crippen LogP contribution in [0.3, 0.4) is 0 Å². The summed E-state index contributed by atoms with van der Waals surface area (Å²) in [4.78, 5) is 25.5. The summed E-state index contributed by atoms with van der Waals surface area (Å²) in [5, 5.41) is 4.34. The van der Waals surface area contributed by atoms with Crippen LogP contribution in [0.2, 0.25) is 0 Å². The second kappa shape index (κ2) is 10.1. The summed E-state index contributed by atoms with van der Waals surface area (Å²) in [6.45, 7) is 9.72. The van der Waals surface area contributed by atoms with E-state index in [0.717, 1.165) is 67.0 Å². The minimum absolute atomic E-state index is 0.0744. The molecule has 7 nitrogen and oxygen atoms in total. The Morgan fingerprint density at radius 3 is 2.80 bits per heavy atom. The van der Waals surface area contributed by atoms with Crippen molar-refractivity contribution in [3.63, 3.8) is 0 Å². The Morgan fingerprint density at radius 1 is 1.20 bits per heavy atom. The van der Waals surface area contributed by atoms with E-state index in [2.05, 4.69) is 57.3 Å². The van der Waals surface area contributed by atoms with Crippen molar-refractivity contribution in [1.82, 2.24) is 19.8 Å². The summed E-state index contributed by atoms with van der Waals surface area (Å²) in [5.41, 5.74) is 5.75. The van der Waals surface area contributed by atoms with E-state index in [0.29, 0.717) is 23.6 Å². The number of piperazine rings is 1. The number of anilines is 1. The lowest BCUT2D eigenvalue weighted by molar-refractivity contribution is -0.113. The van der Waals surface area contributed by atoms with E-state index >= 15 is 0 Å². The molecule has 0 spiro atoms. The van der Waals surface area contributed by atoms with E-state index in [1.165, 1.54) is 5.56 Å². The third-order valence-corrected chi connectivity index (χ3v) is 6.96. The first-order chi connectivity index (χ1) is 17.0. The molecule has 1 aromatic carbocycles. The van der Waals surface area contributed by atoms with Gasteiger partial charge in [0.25, 0.3) is 0 Å². The second-order valence-electron chi connectivity index (χ2n) is 9.41. The van der Waals surface area contributed by atoms with Crippen molar-refractivity contribution in [3.05, 3.63) is 76.6 Å². The fourth-order valence-electron chi connectivity index (χ4n) is 4.73. The molecule has 0 aliphatic carbocycles. The molecule has 4 heterocycles. The number of ketones is 1. The number of aromatic amines is 1. The van der Waals surface area contributed by atoms with Crippen LogP contribution in [0.5, 0.6) is 0 Å². The maximum Gasteiger partial charge on any atom is 0.229 e. The van der Waals surface area contributed by atoms with Crippen LogP contribution in [0.1, 0.15) is 30.0 Å². The third kappa shape index (κ3) is 5.01. The number of hydrogen-bond donors (Lipinski definition) is 2. The molecule has 0 bridgehead atoms. The Hall–Kier alpha value is -3.42. The van der Waals surface area contributed by atoms with Crippen molar-refractivity contribution in [2.45, 2.75) is 26.7 Å². The predicted molar refractivity (Wildman–Crippen MR) is 140 cm³/mol. The Labute approximate surface area is 206 Å². The predicted octanol–water partition coefficient (Wildman–Crippen LogP) is 4.34. The molecule has 2 aliphatic heterocycles. The van der Waals surface area contributed by atoms with Gasteiger partial charge >= 0.3 is 0 Å². The normalized spacial score (nSPS) is 18.6. The summed E-state index contributed by atoms with van der Waals surface area (Å²) in [6, 6.07) is 10.4. The molecule has 1 fully saturated rings. The van der Waals surface area contributed by atoms with Crippen molar-refractivity contribution in [2.24, 2.45) is 0 Å². The molecule has 2 aromatic heterocycles. The van der Waals surface area contributed by atoms with Gasteiger partial charge in [-0.05, 0) is 62.2 Å². The van der Waals surface area contributed by atoms with E-state index in [1.54, 1.807) is 12.3 Å². The number of aryl methyl sites for hydroxylation is 1. The van der Waals surface area contributed by atoms with Crippen molar-refractivity contribution in [1.29, 1.82) is 0 Å². The number of nitrogens with zero attached hydrogens (tertiary/aromatic N) is 3. The fraction of sp³-hybridized carbons (Fsp3) is 0.357. The maximum atomic E-state index is 13.1. The van der Waals surface area contributed by atoms with Gasteiger partial charge in [-0.3, -0.25) is 4.79 Å². The van der Waals surface area contributed by atoms with Gasteiger partial charge in [-0.1, -0.05) is 19.1 Å². The number of carbonyl (C=O) groups excluding carboxylic acids is 1. The fourth-order valence-corrected chi connectivity index (χ4v) is 4.73. The Balaban J connectivity index is 1.28. The molecule has 0 saturated carbocycles. The number of H-pyrrole nitrogens is 1. The highest BCUT2D eigenvalue weighted by Crippen LogP contribution is 2.31. The van der Waals surface area contributed by atoms with Gasteiger partial charge in [-0.15, -0.1) is 0 Å². The molecule has 35 heavy (non-hydrogen) atoms. The lowest BCUT2D eigenvalue weighted by atomic mass is 10.1. The number of fused-ring (bicyclic) bond motifs is 1. The minimum atomic E-state index is -0.0744. The largest absolute Gasteiger partial charge is 0.436 e. The maximum absolute atomic E-state index is 13.1. The van der Waals surface area contributed by atoms with Gasteiger partial charge in [0.2, 0.25) is 11.7 Å². The Bertz CT molecular complexity index is 1300. The number of benzene rings is 1. The average Bonchev–Trinajstić information content (AvgIpc) is 3.40. The molecule has 2 N–H and O–H groups in total. The van der Waals surface area contributed by atoms with Crippen LogP contribution in [0.4, 0.5) is 5.69 Å². The topological polar surface area (TPSA) is 73.5 Å². The van der Waals surface area contributed by atoms with Crippen LogP contribution in [-0.4, -0.2) is 65.3 Å². The van der Waals surface area contributed by atoms with Crippen molar-refractivity contribution < 1.29 is 9.53 Å². The van der Waals surface area contributed by atoms with Crippen LogP contribution in [0.25, 0.3) is 17.1 Å². The van der Waals surface area contributed by atoms with E-state index in [1.807, 2.05) is 25.3 Å². The molecule has 0 amide bonds. The smallest absolute Gasteiger partial charge is 0.229 e. The molecule has 0 radical (unpaired) electrons. The number of Topliss-reactive ketones (excluding diaryl/α,β-unsaturated/α-hetero) is 1. The number of ether oxygens (including phenoxy) is 1. The van der Waals surface area contributed by atoms with E-state index in [-0.39, 0.29) is 5.78 Å². The molecular formula is C28H33N5O2. The summed E-state index contributed by atoms with van der Waals surface area (Å²) >= 11 is 0. The number of hydrogen-bond acceptors (Lipinski definition) is 6. The first-order valence-corrected chi connectivity index (χ1v) is 12.4. The number of carbonyl (C=O) groups is 1. The van der Waals surface area contributed by atoms with Crippen LogP contribution in [0.15, 0.2) is 59.9 Å². The highest BCUT2D eigenvalue weighted by atomic mass is 16.5. The Morgan fingerprint density at radius 2 is 2.03 bits per heavy atom. The summed E-state index contributed by atoms with van der Waals surface area (Å²) in [6.07, 6.45) is 7.02. The first kappa shape index (κ1) is 23.3. The standard InChI is InChI=1S/C28H33N5O2/c1-4-22-26(34)25(17-21-18-30-27-23(21)6-5-10-29-27)35-28(22)31-24-8-7-20(16-19(24)2)9-11-33-14-12-32(3)13-15-33/h5-8,10,16-18,31H,4,9,11-15H2,1-3H3,(H,29,30). The van der Waals surface area contributed by atoms with Crippen molar-refractivity contribution >= 4 is 28.6 Å². The van der Waals surface area contributed by atoms with E-state index in [9.17, 15) is 4.79 Å². The van der Waals surface area contributed by atoms with Gasteiger partial charge in [0.15, 0.2) is 5.76 Å². The van der Waals surface area contributed by atoms with Gasteiger partial charge in [-0.2, -0.15) is 0 Å². The van der Waals surface area contributed by atoms with Crippen LogP contribution < -0.4 is 5.32 Å². The molecule has 7 heteroatoms. The number of likely N-dealkylation sites (N-methyl/N-ethyl adjacent to an activating group) is 1. The summed E-state index contributed by atoms with van der Waals surface area (Å²) in [7, 11) is 2.19. The lowest BCUT2D eigenvalue weighted by Gasteiger charge is -2.32. The molecule has 2 aliphatic rings. The van der Waals surface area contributed by atoms with E-state index < -0.39 is 0 Å². The third-order valence-electron chi connectivity index (χ3n) is 6.96. The molecule has 0 atom stereocenters. The zero-order valence-electron chi connectivity index (χ0n) is 20.7. The average molecular weight is 472 g/mol. The van der Waals surface area contributed by atoms with Gasteiger partial charge in [-0.25, -0.2) is 4.98 Å². The molecular weight excluding hydrogens is 438 g/mol. The monoisotopic (exact) mass is 471 g/mol. The van der Waals surface area contributed by atoms with Gasteiger partial charge in [0, 0.05) is 61.8 Å². The minimum Gasteiger partial charge on any atom is -0.436 e. The van der Waals surface area contributed by atoms with E-state index in [4.69, 9.17) is 4.74 Å². The highest BCUT2D eigenvalue weighted by Gasteiger charge is 2.30. The van der Waals surface area contributed by atoms with Gasteiger partial charge < -0.3 is 24.8 Å². The number of allylic oxidation sites excluding steroid dienone is 1. The van der Waals surface area contributed by atoms with Crippen LogP contribution >= 0.6 is 0 Å². The van der Waals surface area contributed by atoms with Crippen molar-refractivity contribution in [2.75, 3.05) is 45.1 Å². The summed E-state index contributed by atoms with van der Waals surface area (Å²) in [5.74, 6) is 0.778. The molecule has 1 saturated heterocycles. The zero-order chi connectivity index (χ0) is 24.4. The highest BCUT2D eigenvalue weighted by molar-refractivity contribution is 6.12. The SMILES string of the molecule is CCC1=C(Nc2ccc(CCN3CCN(C)CC3)cc2C)OC(=Cc2c[nH]c3ncccc23)C1=O. The number of aromatic nitrogens is 2. The molecule has 0 unspecified atom stereocenters. The van der Waals surface area contributed by atoms with Gasteiger partial charge in [0.1, 0.15) is 5.65 Å². The molecule has 3 aromatic rings. The van der Waals surface area contributed by atoms with Crippen molar-refractivity contribution in [3.8, 4) is 0 Å². The molecule has 182 valence electrons. The zero-order valence-corrected chi connectivity index (χ0v) is 20.7. The van der Waals surface area contributed by atoms with Gasteiger partial charge in [0.05, 0.1) is 5.57 Å².